The second kappa shape index (κ2) is 12.6. The van der Waals surface area contributed by atoms with Crippen molar-refractivity contribution in [3.8, 4) is 6.07 Å². The van der Waals surface area contributed by atoms with E-state index in [0.29, 0.717) is 28.9 Å². The summed E-state index contributed by atoms with van der Waals surface area (Å²) in [4.78, 5) is 28.3. The molecular weight excluding hydrogens is 545 g/mol. The number of nitrogens with zero attached hydrogens (tertiary/aromatic N) is 5. The molecule has 1 saturated heterocycles. The quantitative estimate of drug-likeness (QED) is 0.251. The van der Waals surface area contributed by atoms with Gasteiger partial charge in [0, 0.05) is 37.4 Å². The average molecular weight is 574 g/mol. The Balaban J connectivity index is 1.27. The largest absolute Gasteiger partial charge is 0.350 e. The van der Waals surface area contributed by atoms with Crippen LogP contribution in [0.3, 0.4) is 0 Å². The number of nitrogens with one attached hydrogen (secondary N) is 2. The van der Waals surface area contributed by atoms with E-state index < -0.39 is 11.7 Å². The van der Waals surface area contributed by atoms with Crippen molar-refractivity contribution in [2.45, 2.75) is 34.3 Å². The normalized spacial score (nSPS) is 14.8. The van der Waals surface area contributed by atoms with Gasteiger partial charge in [-0.05, 0) is 49.1 Å². The van der Waals surface area contributed by atoms with Crippen LogP contribution in [0.25, 0.3) is 0 Å². The maximum absolute atomic E-state index is 15.5. The van der Waals surface area contributed by atoms with Gasteiger partial charge < -0.3 is 10.6 Å². The topological polar surface area (TPSA) is 107 Å². The van der Waals surface area contributed by atoms with E-state index in [1.54, 1.807) is 18.5 Å². The summed E-state index contributed by atoms with van der Waals surface area (Å²) >= 11 is 2.57. The molecule has 0 unspecified atom stereocenters. The Labute approximate surface area is 240 Å². The molecule has 5 rings (SSSR count). The van der Waals surface area contributed by atoms with Gasteiger partial charge in [0.2, 0.25) is 0 Å². The van der Waals surface area contributed by atoms with Crippen LogP contribution in [0.4, 0.5) is 15.3 Å². The molecule has 2 N–H and O–H groups in total. The van der Waals surface area contributed by atoms with Gasteiger partial charge >= 0.3 is 0 Å². The minimum Gasteiger partial charge on any atom is -0.350 e. The van der Waals surface area contributed by atoms with E-state index in [1.165, 1.54) is 29.3 Å². The van der Waals surface area contributed by atoms with Gasteiger partial charge in [0.1, 0.15) is 5.82 Å². The molecule has 0 radical (unpaired) electrons. The minimum atomic E-state index is -0.661. The maximum atomic E-state index is 15.5. The van der Waals surface area contributed by atoms with Crippen molar-refractivity contribution in [2.75, 3.05) is 31.5 Å². The van der Waals surface area contributed by atoms with Crippen LogP contribution in [-0.4, -0.2) is 51.9 Å². The van der Waals surface area contributed by atoms with Gasteiger partial charge in [-0.1, -0.05) is 53.4 Å². The zero-order chi connectivity index (χ0) is 28.0. The number of aromatic nitrogens is 3. The summed E-state index contributed by atoms with van der Waals surface area (Å²) in [5.74, 6) is -0.526. The van der Waals surface area contributed by atoms with Crippen molar-refractivity contribution in [1.82, 2.24) is 25.2 Å². The first-order valence-corrected chi connectivity index (χ1v) is 14.5. The molecule has 0 atom stereocenters. The Morgan fingerprint density at radius 3 is 2.67 bits per heavy atom. The van der Waals surface area contributed by atoms with E-state index >= 15 is 4.39 Å². The van der Waals surface area contributed by atoms with Crippen LogP contribution >= 0.6 is 23.1 Å². The van der Waals surface area contributed by atoms with Crippen molar-refractivity contribution in [3.63, 3.8) is 0 Å². The number of anilines is 2. The third-order valence-corrected chi connectivity index (χ3v) is 9.04. The Morgan fingerprint density at radius 2 is 1.93 bits per heavy atom. The van der Waals surface area contributed by atoms with Gasteiger partial charge in [-0.2, -0.15) is 5.26 Å². The predicted octanol–water partition coefficient (Wildman–Crippen LogP) is 5.56. The van der Waals surface area contributed by atoms with E-state index in [4.69, 9.17) is 5.26 Å². The van der Waals surface area contributed by atoms with Crippen molar-refractivity contribution < 1.29 is 9.18 Å². The fourth-order valence-electron chi connectivity index (χ4n) is 4.78. The number of carbonyl (C=O) groups excluding carboxylic acids is 1. The Bertz CT molecular complexity index is 1510. The lowest BCUT2D eigenvalue weighted by molar-refractivity contribution is 0.0915. The summed E-state index contributed by atoms with van der Waals surface area (Å²) in [6, 6.07) is 17.7. The number of rotatable bonds is 9. The second-order valence-corrected chi connectivity index (χ2v) is 12.0. The zero-order valence-corrected chi connectivity index (χ0v) is 23.6. The van der Waals surface area contributed by atoms with Gasteiger partial charge in [0.05, 0.1) is 27.9 Å². The van der Waals surface area contributed by atoms with Gasteiger partial charge in [0.25, 0.3) is 5.91 Å². The van der Waals surface area contributed by atoms with Gasteiger partial charge in [-0.15, -0.1) is 0 Å². The zero-order valence-electron chi connectivity index (χ0n) is 21.9. The number of pyridine rings is 2. The molecule has 1 aromatic carbocycles. The SMILES string of the molecule is Cc1ccnc(Nc2ncc(Sc3ccnc(C(=O)NCC4(c5ccccc5)CCN(CC#N)CC4)c3F)s2)c1. The average Bonchev–Trinajstić information content (AvgIpc) is 3.41. The summed E-state index contributed by atoms with van der Waals surface area (Å²) in [6.45, 7) is 4.23. The van der Waals surface area contributed by atoms with Crippen LogP contribution in [-0.2, 0) is 5.41 Å². The highest BCUT2D eigenvalue weighted by molar-refractivity contribution is 8.01. The molecule has 204 valence electrons. The first-order valence-electron chi connectivity index (χ1n) is 12.9. The molecule has 3 aromatic heterocycles. The van der Waals surface area contributed by atoms with Crippen LogP contribution in [0.1, 0.15) is 34.5 Å². The Morgan fingerprint density at radius 1 is 1.15 bits per heavy atom. The summed E-state index contributed by atoms with van der Waals surface area (Å²) in [5.41, 5.74) is 1.67. The number of amides is 1. The highest BCUT2D eigenvalue weighted by atomic mass is 32.2. The highest BCUT2D eigenvalue weighted by Gasteiger charge is 2.37. The summed E-state index contributed by atoms with van der Waals surface area (Å²) in [6.07, 6.45) is 6.40. The number of benzene rings is 1. The molecule has 0 saturated carbocycles. The molecule has 0 spiro atoms. The lowest BCUT2D eigenvalue weighted by atomic mass is 9.72. The molecule has 1 aliphatic rings. The molecule has 40 heavy (non-hydrogen) atoms. The van der Waals surface area contributed by atoms with Crippen molar-refractivity contribution in [2.24, 2.45) is 0 Å². The van der Waals surface area contributed by atoms with Crippen LogP contribution in [0.15, 0.2) is 76.2 Å². The fourth-order valence-corrected chi connectivity index (χ4v) is 6.65. The van der Waals surface area contributed by atoms with E-state index in [0.717, 1.165) is 41.3 Å². The number of halogens is 1. The van der Waals surface area contributed by atoms with Crippen molar-refractivity contribution >= 4 is 40.0 Å². The molecule has 0 bridgehead atoms. The van der Waals surface area contributed by atoms with Crippen LogP contribution in [0.2, 0.25) is 0 Å². The van der Waals surface area contributed by atoms with E-state index in [2.05, 4.69) is 48.7 Å². The molecule has 8 nitrogen and oxygen atoms in total. The lowest BCUT2D eigenvalue weighted by Crippen LogP contribution is -2.49. The minimum absolute atomic E-state index is 0.234. The third-order valence-electron chi connectivity index (χ3n) is 7.00. The van der Waals surface area contributed by atoms with E-state index in [-0.39, 0.29) is 11.1 Å². The number of thiazole rings is 1. The molecule has 4 heterocycles. The number of nitriles is 1. The fraction of sp³-hybridized carbons (Fsp3) is 0.276. The predicted molar refractivity (Wildman–Crippen MR) is 154 cm³/mol. The smallest absolute Gasteiger partial charge is 0.273 e. The number of likely N-dealkylation sites (tertiary alicyclic amines) is 1. The summed E-state index contributed by atoms with van der Waals surface area (Å²) in [5, 5.41) is 15.8. The van der Waals surface area contributed by atoms with Crippen molar-refractivity contribution in [3.05, 3.63) is 89.8 Å². The first kappa shape index (κ1) is 27.7. The monoisotopic (exact) mass is 573 g/mol. The van der Waals surface area contributed by atoms with Crippen LogP contribution < -0.4 is 10.6 Å². The number of hydrogen-bond donors (Lipinski definition) is 2. The molecule has 1 amide bonds. The van der Waals surface area contributed by atoms with Crippen LogP contribution in [0.5, 0.6) is 0 Å². The Hall–Kier alpha value is -3.85. The number of aryl methyl sites for hydroxylation is 1. The standard InChI is InChI=1S/C29H28FN7OS2/c1-20-7-12-32-23(17-20)36-28-34-18-24(40-28)39-22-8-13-33-26(25(22)30)27(38)35-19-29(21-5-3-2-4-6-21)9-14-37(15-10-29)16-11-31/h2-8,12-13,17-18H,9-10,14-16,19H2,1H3,(H,35,38)(H,32,34,36). The summed E-state index contributed by atoms with van der Waals surface area (Å²) < 4.78 is 16.3. The number of hydrogen-bond acceptors (Lipinski definition) is 9. The van der Waals surface area contributed by atoms with E-state index in [1.807, 2.05) is 37.3 Å². The molecule has 4 aromatic rings. The molecule has 11 heteroatoms. The van der Waals surface area contributed by atoms with E-state index in [9.17, 15) is 4.79 Å². The molecular formula is C29H28FN7OS2. The second-order valence-electron chi connectivity index (χ2n) is 9.66. The maximum Gasteiger partial charge on any atom is 0.273 e. The van der Waals surface area contributed by atoms with Gasteiger partial charge in [-0.25, -0.2) is 19.3 Å². The van der Waals surface area contributed by atoms with Crippen LogP contribution in [0, 0.1) is 24.1 Å². The molecule has 1 aliphatic heterocycles. The molecule has 1 fully saturated rings. The van der Waals surface area contributed by atoms with Crippen molar-refractivity contribution in [1.29, 1.82) is 5.26 Å². The lowest BCUT2D eigenvalue weighted by Gasteiger charge is -2.41. The number of carbonyl (C=O) groups is 1. The highest BCUT2D eigenvalue weighted by Crippen LogP contribution is 2.37. The Kier molecular flexibility index (Phi) is 8.69. The number of piperidine rings is 1. The van der Waals surface area contributed by atoms with Gasteiger partial charge in [-0.3, -0.25) is 9.69 Å². The summed E-state index contributed by atoms with van der Waals surface area (Å²) in [7, 11) is 0. The first-order chi connectivity index (χ1) is 19.5. The third kappa shape index (κ3) is 6.47. The van der Waals surface area contributed by atoms with Gasteiger partial charge in [0.15, 0.2) is 16.6 Å². The molecule has 0 aliphatic carbocycles.